The van der Waals surface area contributed by atoms with Crippen molar-refractivity contribution in [1.29, 1.82) is 0 Å². The van der Waals surface area contributed by atoms with E-state index in [9.17, 15) is 0 Å². The second-order valence-corrected chi connectivity index (χ2v) is 12.9. The lowest BCUT2D eigenvalue weighted by atomic mass is 9.89. The van der Waals surface area contributed by atoms with Gasteiger partial charge in [-0.1, -0.05) is 115 Å². The van der Waals surface area contributed by atoms with Gasteiger partial charge >= 0.3 is 0 Å². The number of pyridine rings is 1. The molecule has 0 unspecified atom stereocenters. The maximum absolute atomic E-state index is 7.70. The molecule has 2 heterocycles. The Kier molecular flexibility index (Phi) is 6.27. The van der Waals surface area contributed by atoms with E-state index in [1.165, 1.54) is 21.5 Å². The molecular formula is C47H26N4. The van der Waals surface area contributed by atoms with Crippen molar-refractivity contribution in [2.75, 3.05) is 0 Å². The van der Waals surface area contributed by atoms with Gasteiger partial charge in [0.15, 0.2) is 11.4 Å². The molecule has 0 spiro atoms. The van der Waals surface area contributed by atoms with Crippen molar-refractivity contribution in [1.82, 2.24) is 9.55 Å². The average Bonchev–Trinajstić information content (AvgIpc) is 3.53. The molecule has 234 valence electrons. The Bertz CT molecular complexity index is 3140. The highest BCUT2D eigenvalue weighted by molar-refractivity contribution is 6.33. The first kappa shape index (κ1) is 28.7. The highest BCUT2D eigenvalue weighted by atomic mass is 15.0. The summed E-state index contributed by atoms with van der Waals surface area (Å²) in [5.41, 5.74) is 9.41. The highest BCUT2D eigenvalue weighted by Gasteiger charge is 2.19. The number of benzene rings is 8. The van der Waals surface area contributed by atoms with Gasteiger partial charge in [0.1, 0.15) is 0 Å². The van der Waals surface area contributed by atoms with Crippen LogP contribution in [0.2, 0.25) is 0 Å². The normalized spacial score (nSPS) is 11.5. The van der Waals surface area contributed by atoms with E-state index in [2.05, 4.69) is 130 Å². The fraction of sp³-hybridized carbons (Fsp3) is 0. The van der Waals surface area contributed by atoms with E-state index < -0.39 is 0 Å². The van der Waals surface area contributed by atoms with Gasteiger partial charge in [-0.3, -0.25) is 0 Å². The molecule has 0 aliphatic heterocycles. The molecule has 0 bridgehead atoms. The standard InChI is InChI=1S/C47H26N4/c1-48-32-20-16-29(17-21-32)47-46-38-15-9-7-13-36(38)35-12-6-8-14-37(35)45(46)39-23-18-31(27-42(39)50-47)30-19-24-43-40(26-30)41-28-33(49-2)22-25-44(41)51(43)34-10-4-3-5-11-34/h3-28H. The summed E-state index contributed by atoms with van der Waals surface area (Å²) in [5.74, 6) is 0. The summed E-state index contributed by atoms with van der Waals surface area (Å²) in [4.78, 5) is 12.8. The molecule has 2 aromatic heterocycles. The molecule has 51 heavy (non-hydrogen) atoms. The molecule has 0 aliphatic carbocycles. The molecule has 0 radical (unpaired) electrons. The van der Waals surface area contributed by atoms with Crippen LogP contribution in [0.15, 0.2) is 158 Å². The molecule has 0 saturated carbocycles. The van der Waals surface area contributed by atoms with E-state index in [-0.39, 0.29) is 0 Å². The summed E-state index contributed by atoms with van der Waals surface area (Å²) in [6.07, 6.45) is 0. The molecule has 10 aromatic rings. The number of hydrogen-bond donors (Lipinski definition) is 0. The van der Waals surface area contributed by atoms with Crippen molar-refractivity contribution in [2.24, 2.45) is 0 Å². The summed E-state index contributed by atoms with van der Waals surface area (Å²) < 4.78 is 2.28. The maximum atomic E-state index is 7.70. The van der Waals surface area contributed by atoms with Gasteiger partial charge in [0, 0.05) is 27.2 Å². The van der Waals surface area contributed by atoms with Gasteiger partial charge in [0.25, 0.3) is 0 Å². The third-order valence-corrected chi connectivity index (χ3v) is 10.2. The Morgan fingerprint density at radius 1 is 0.412 bits per heavy atom. The minimum atomic E-state index is 0.606. The summed E-state index contributed by atoms with van der Waals surface area (Å²) in [5, 5.41) is 10.3. The van der Waals surface area contributed by atoms with E-state index in [0.29, 0.717) is 11.4 Å². The first-order chi connectivity index (χ1) is 25.2. The quantitative estimate of drug-likeness (QED) is 0.139. The van der Waals surface area contributed by atoms with Crippen LogP contribution in [0.5, 0.6) is 0 Å². The lowest BCUT2D eigenvalue weighted by Crippen LogP contribution is -1.94. The molecule has 10 rings (SSSR count). The molecule has 8 aromatic carbocycles. The van der Waals surface area contributed by atoms with Gasteiger partial charge in [-0.25, -0.2) is 14.7 Å². The number of hydrogen-bond acceptors (Lipinski definition) is 1. The zero-order chi connectivity index (χ0) is 34.1. The van der Waals surface area contributed by atoms with Crippen molar-refractivity contribution in [2.45, 2.75) is 0 Å². The maximum Gasteiger partial charge on any atom is 0.188 e. The predicted octanol–water partition coefficient (Wildman–Crippen LogP) is 13.2. The van der Waals surface area contributed by atoms with Crippen LogP contribution in [0, 0.1) is 13.1 Å². The largest absolute Gasteiger partial charge is 0.309 e. The third-order valence-electron chi connectivity index (χ3n) is 10.2. The van der Waals surface area contributed by atoms with Crippen molar-refractivity contribution in [3.63, 3.8) is 0 Å². The number of rotatable bonds is 3. The van der Waals surface area contributed by atoms with E-state index in [4.69, 9.17) is 18.1 Å². The zero-order valence-electron chi connectivity index (χ0n) is 27.3. The van der Waals surface area contributed by atoms with Gasteiger partial charge in [0.05, 0.1) is 35.4 Å². The Labute approximate surface area is 293 Å². The second-order valence-electron chi connectivity index (χ2n) is 12.9. The zero-order valence-corrected chi connectivity index (χ0v) is 27.3. The van der Waals surface area contributed by atoms with E-state index >= 15 is 0 Å². The second kappa shape index (κ2) is 11.1. The van der Waals surface area contributed by atoms with E-state index in [1.807, 2.05) is 42.5 Å². The summed E-state index contributed by atoms with van der Waals surface area (Å²) in [6, 6.07) is 54.6. The van der Waals surface area contributed by atoms with Crippen molar-refractivity contribution in [3.8, 4) is 28.1 Å². The minimum absolute atomic E-state index is 0.606. The monoisotopic (exact) mass is 646 g/mol. The number of fused-ring (bicyclic) bond motifs is 11. The summed E-state index contributed by atoms with van der Waals surface area (Å²) in [6.45, 7) is 15.2. The Morgan fingerprint density at radius 3 is 1.67 bits per heavy atom. The summed E-state index contributed by atoms with van der Waals surface area (Å²) >= 11 is 0. The molecule has 0 amide bonds. The fourth-order valence-corrected chi connectivity index (χ4v) is 7.88. The smallest absolute Gasteiger partial charge is 0.188 e. The van der Waals surface area contributed by atoms with Gasteiger partial charge in [-0.2, -0.15) is 0 Å². The molecule has 4 heteroatoms. The molecule has 0 aliphatic rings. The first-order valence-corrected chi connectivity index (χ1v) is 16.9. The Balaban J connectivity index is 1.27. The fourth-order valence-electron chi connectivity index (χ4n) is 7.88. The van der Waals surface area contributed by atoms with E-state index in [0.717, 1.165) is 71.6 Å². The third kappa shape index (κ3) is 4.34. The number of para-hydroxylation sites is 1. The predicted molar refractivity (Wildman–Crippen MR) is 212 cm³/mol. The lowest BCUT2D eigenvalue weighted by Gasteiger charge is -2.17. The Morgan fingerprint density at radius 2 is 0.961 bits per heavy atom. The molecular weight excluding hydrogens is 621 g/mol. The van der Waals surface area contributed by atoms with Crippen LogP contribution in [0.3, 0.4) is 0 Å². The van der Waals surface area contributed by atoms with Gasteiger partial charge in [-0.15, -0.1) is 0 Å². The van der Waals surface area contributed by atoms with Crippen LogP contribution in [-0.4, -0.2) is 9.55 Å². The van der Waals surface area contributed by atoms with Crippen molar-refractivity contribution < 1.29 is 0 Å². The number of nitrogens with zero attached hydrogens (tertiary/aromatic N) is 4. The molecule has 4 nitrogen and oxygen atoms in total. The average molecular weight is 647 g/mol. The SMILES string of the molecule is [C-]#[N+]c1ccc(-c2nc3cc(-c4ccc5c(c4)c4cc([N+]#[C-])ccc4n5-c4ccccc4)ccc3c3c4ccccc4c4ccccc4c23)cc1. The molecule has 0 atom stereocenters. The highest BCUT2D eigenvalue weighted by Crippen LogP contribution is 2.44. The topological polar surface area (TPSA) is 26.5 Å². The minimum Gasteiger partial charge on any atom is -0.309 e. The first-order valence-electron chi connectivity index (χ1n) is 16.9. The van der Waals surface area contributed by atoms with Crippen LogP contribution in [0.25, 0.3) is 103 Å². The van der Waals surface area contributed by atoms with Crippen molar-refractivity contribution >= 4 is 76.4 Å². The Hall–Kier alpha value is -7.27. The van der Waals surface area contributed by atoms with E-state index in [1.54, 1.807) is 0 Å². The molecule has 0 N–H and O–H groups in total. The van der Waals surface area contributed by atoms with Crippen LogP contribution < -0.4 is 0 Å². The van der Waals surface area contributed by atoms with Crippen LogP contribution in [0.1, 0.15) is 0 Å². The molecule has 0 fully saturated rings. The van der Waals surface area contributed by atoms with Crippen molar-refractivity contribution in [3.05, 3.63) is 181 Å². The summed E-state index contributed by atoms with van der Waals surface area (Å²) in [7, 11) is 0. The van der Waals surface area contributed by atoms with Crippen LogP contribution in [-0.2, 0) is 0 Å². The van der Waals surface area contributed by atoms with Crippen LogP contribution >= 0.6 is 0 Å². The lowest BCUT2D eigenvalue weighted by molar-refractivity contribution is 1.18. The van der Waals surface area contributed by atoms with Gasteiger partial charge in [-0.05, 0) is 86.1 Å². The van der Waals surface area contributed by atoms with Gasteiger partial charge < -0.3 is 4.57 Å². The van der Waals surface area contributed by atoms with Crippen LogP contribution in [0.4, 0.5) is 11.4 Å². The molecule has 0 saturated heterocycles. The number of aromatic nitrogens is 2. The van der Waals surface area contributed by atoms with Gasteiger partial charge in [0.2, 0.25) is 0 Å².